The van der Waals surface area contributed by atoms with Crippen LogP contribution in [0.15, 0.2) is 43.1 Å². The number of halogens is 3. The maximum Gasteiger partial charge on any atom is 0.433 e. The second-order valence-corrected chi connectivity index (χ2v) is 19.8. The molecule has 12 nitrogen and oxygen atoms in total. The molecule has 1 saturated heterocycles. The fourth-order valence-corrected chi connectivity index (χ4v) is 7.36. The first kappa shape index (κ1) is 34.5. The van der Waals surface area contributed by atoms with E-state index in [0.29, 0.717) is 51.8 Å². The van der Waals surface area contributed by atoms with Gasteiger partial charge in [-0.25, -0.2) is 15.0 Å². The van der Waals surface area contributed by atoms with Crippen molar-refractivity contribution in [2.45, 2.75) is 88.4 Å². The minimum absolute atomic E-state index is 0.218. The average Bonchev–Trinajstić information content (AvgIpc) is 3.68. The Balaban J connectivity index is 1.08. The molecule has 49 heavy (non-hydrogen) atoms. The van der Waals surface area contributed by atoms with Crippen molar-refractivity contribution < 1.29 is 27.4 Å². The van der Waals surface area contributed by atoms with Crippen LogP contribution < -0.4 is 10.5 Å². The normalized spacial score (nSPS) is 20.6. The Morgan fingerprint density at radius 2 is 1.94 bits per heavy atom. The van der Waals surface area contributed by atoms with Crippen LogP contribution >= 0.6 is 0 Å². The number of piperidine rings is 1. The number of ether oxygens (including phenoxy) is 2. The molecule has 0 bridgehead atoms. The summed E-state index contributed by atoms with van der Waals surface area (Å²) >= 11 is 0. The molecule has 2 N–H and O–H groups in total. The van der Waals surface area contributed by atoms with Gasteiger partial charge in [-0.05, 0) is 43.9 Å². The highest BCUT2D eigenvalue weighted by Gasteiger charge is 2.49. The summed E-state index contributed by atoms with van der Waals surface area (Å²) in [5, 5.41) is 15.4. The molecule has 4 aromatic heterocycles. The van der Waals surface area contributed by atoms with Crippen molar-refractivity contribution in [2.24, 2.45) is 5.73 Å². The molecule has 6 rings (SSSR count). The van der Waals surface area contributed by atoms with Crippen molar-refractivity contribution >= 4 is 25.0 Å². The van der Waals surface area contributed by atoms with E-state index in [9.17, 15) is 23.2 Å². The summed E-state index contributed by atoms with van der Waals surface area (Å²) in [4.78, 5) is 26.6. The molecule has 0 atom stereocenters. The predicted octanol–water partition coefficient (Wildman–Crippen LogP) is 5.43. The maximum atomic E-state index is 13.3. The lowest BCUT2D eigenvalue weighted by molar-refractivity contribution is -0.141. The molecule has 1 amide bonds. The van der Waals surface area contributed by atoms with Crippen molar-refractivity contribution in [3.05, 3.63) is 54.4 Å². The summed E-state index contributed by atoms with van der Waals surface area (Å²) in [7, 11) is -1.19. The van der Waals surface area contributed by atoms with E-state index in [2.05, 4.69) is 45.6 Å². The van der Waals surface area contributed by atoms with Crippen molar-refractivity contribution in [1.29, 1.82) is 5.26 Å². The number of carbonyl (C=O) groups is 1. The van der Waals surface area contributed by atoms with E-state index in [0.717, 1.165) is 47.2 Å². The maximum absolute atomic E-state index is 13.3. The Kier molecular flexibility index (Phi) is 9.53. The second kappa shape index (κ2) is 13.5. The number of amides is 1. The van der Waals surface area contributed by atoms with Gasteiger partial charge in [0.15, 0.2) is 0 Å². The number of rotatable bonds is 12. The summed E-state index contributed by atoms with van der Waals surface area (Å²) in [6.45, 7) is 9.43. The number of nitriles is 1. The van der Waals surface area contributed by atoms with Crippen LogP contribution in [0.2, 0.25) is 25.7 Å². The van der Waals surface area contributed by atoms with E-state index in [1.54, 1.807) is 12.5 Å². The first-order valence-electron chi connectivity index (χ1n) is 16.3. The van der Waals surface area contributed by atoms with E-state index in [1.807, 2.05) is 27.7 Å². The van der Waals surface area contributed by atoms with E-state index >= 15 is 0 Å². The fourth-order valence-electron chi connectivity index (χ4n) is 6.60. The van der Waals surface area contributed by atoms with Crippen LogP contribution in [0.3, 0.4) is 0 Å². The molecule has 260 valence electrons. The first-order valence-corrected chi connectivity index (χ1v) is 20.1. The minimum atomic E-state index is -4.74. The molecule has 1 aliphatic carbocycles. The van der Waals surface area contributed by atoms with Crippen molar-refractivity contribution in [3.63, 3.8) is 0 Å². The Morgan fingerprint density at radius 1 is 1.18 bits per heavy atom. The molecular weight excluding hydrogens is 656 g/mol. The first-order chi connectivity index (χ1) is 23.2. The van der Waals surface area contributed by atoms with Gasteiger partial charge in [0.2, 0.25) is 11.8 Å². The topological polar surface area (TPSA) is 150 Å². The van der Waals surface area contributed by atoms with E-state index in [4.69, 9.17) is 20.3 Å². The Hall–Kier alpha value is -4.33. The number of alkyl halides is 3. The zero-order chi connectivity index (χ0) is 35.0. The number of carbonyl (C=O) groups excluding carboxylic acids is 1. The van der Waals surface area contributed by atoms with E-state index in [-0.39, 0.29) is 23.6 Å². The van der Waals surface area contributed by atoms with Crippen molar-refractivity contribution in [2.75, 3.05) is 19.7 Å². The third kappa shape index (κ3) is 7.63. The van der Waals surface area contributed by atoms with Crippen LogP contribution in [0.25, 0.3) is 22.3 Å². The summed E-state index contributed by atoms with van der Waals surface area (Å²) in [6.07, 6.45) is 5.06. The van der Waals surface area contributed by atoms with Gasteiger partial charge in [0.05, 0.1) is 29.9 Å². The highest BCUT2D eigenvalue weighted by Crippen LogP contribution is 2.46. The van der Waals surface area contributed by atoms with Crippen LogP contribution in [0, 0.1) is 11.3 Å². The molecule has 5 heterocycles. The van der Waals surface area contributed by atoms with Crippen molar-refractivity contribution in [3.8, 4) is 23.2 Å². The average molecular weight is 696 g/mol. The Bertz CT molecular complexity index is 1850. The molecule has 16 heteroatoms. The number of likely N-dealkylation sites (tertiary alicyclic amines) is 1. The number of nitrogens with zero attached hydrogens (tertiary/aromatic N) is 8. The molecule has 0 spiro atoms. The van der Waals surface area contributed by atoms with E-state index < -0.39 is 31.4 Å². The Labute approximate surface area is 283 Å². The van der Waals surface area contributed by atoms with Crippen LogP contribution in [0.5, 0.6) is 5.88 Å². The van der Waals surface area contributed by atoms with Crippen LogP contribution in [-0.4, -0.2) is 80.0 Å². The van der Waals surface area contributed by atoms with Crippen molar-refractivity contribution in [1.82, 2.24) is 34.2 Å². The lowest BCUT2D eigenvalue weighted by Gasteiger charge is -2.52. The summed E-state index contributed by atoms with van der Waals surface area (Å²) in [5.41, 5.74) is 5.64. The van der Waals surface area contributed by atoms with Gasteiger partial charge in [-0.3, -0.25) is 14.4 Å². The number of hydrogen-bond donors (Lipinski definition) is 1. The van der Waals surface area contributed by atoms with Gasteiger partial charge in [0.25, 0.3) is 0 Å². The highest BCUT2D eigenvalue weighted by molar-refractivity contribution is 6.76. The number of fused-ring (bicyclic) bond motifs is 1. The van der Waals surface area contributed by atoms with Gasteiger partial charge in [-0.1, -0.05) is 19.6 Å². The van der Waals surface area contributed by atoms with Crippen LogP contribution in [-0.2, 0) is 23.2 Å². The zero-order valence-corrected chi connectivity index (χ0v) is 28.8. The highest BCUT2D eigenvalue weighted by atomic mass is 28.3. The molecule has 4 aromatic rings. The number of primary amides is 1. The molecule has 2 aliphatic rings. The molecule has 1 aliphatic heterocycles. The van der Waals surface area contributed by atoms with E-state index in [1.165, 1.54) is 0 Å². The molecule has 0 unspecified atom stereocenters. The largest absolute Gasteiger partial charge is 0.474 e. The standard InChI is InChI=1S/C33H40F3N9O3Si/c1-49(2,3)13-12-47-21-44-11-6-26-29(39-20-40-31(26)44)23-18-41-45(19-23)32(7-8-37)16-24(17-32)43-9-4-25(5-10-43)48-28-15-22(30(38)46)14-27(42-28)33(34,35)36/h6,11,14-15,18-20,24-25H,4-5,7,9-10,12-13,16-17,21H2,1-3H3,(H2,38,46)/t24-,32+. The van der Waals surface area contributed by atoms with Crippen LogP contribution in [0.1, 0.15) is 48.2 Å². The van der Waals surface area contributed by atoms with Gasteiger partial charge in [0, 0.05) is 68.8 Å². The van der Waals surface area contributed by atoms with Crippen LogP contribution in [0.4, 0.5) is 13.2 Å². The van der Waals surface area contributed by atoms with Gasteiger partial charge in [-0.2, -0.15) is 23.5 Å². The quantitative estimate of drug-likeness (QED) is 0.151. The third-order valence-electron chi connectivity index (χ3n) is 9.42. The summed E-state index contributed by atoms with van der Waals surface area (Å²) in [5.74, 6) is -1.25. The number of aromatic nitrogens is 6. The number of hydrogen-bond acceptors (Lipinski definition) is 9. The Morgan fingerprint density at radius 3 is 2.61 bits per heavy atom. The number of nitrogens with two attached hydrogens (primary N) is 1. The summed E-state index contributed by atoms with van der Waals surface area (Å²) < 4.78 is 55.6. The lowest BCUT2D eigenvalue weighted by atomic mass is 9.69. The molecular formula is C33H40F3N9O3Si. The molecule has 1 saturated carbocycles. The smallest absolute Gasteiger partial charge is 0.433 e. The second-order valence-electron chi connectivity index (χ2n) is 14.2. The minimum Gasteiger partial charge on any atom is -0.474 e. The zero-order valence-electron chi connectivity index (χ0n) is 27.8. The van der Waals surface area contributed by atoms with Gasteiger partial charge in [-0.15, -0.1) is 0 Å². The van der Waals surface area contributed by atoms with Gasteiger partial charge in [0.1, 0.15) is 30.5 Å². The lowest BCUT2D eigenvalue weighted by Crippen LogP contribution is -2.58. The summed E-state index contributed by atoms with van der Waals surface area (Å²) in [6, 6.07) is 7.42. The fraction of sp³-hybridized carbons (Fsp3) is 0.515. The molecule has 0 radical (unpaired) electrons. The molecule has 2 fully saturated rings. The predicted molar refractivity (Wildman–Crippen MR) is 177 cm³/mol. The monoisotopic (exact) mass is 695 g/mol. The SMILES string of the molecule is C[Si](C)(C)CCOCn1ccc2c(-c3cnn([C@]4(CC#N)C[C@H](N5CCC(Oc6cc(C(N)=O)cc(C(F)(F)F)n6)CC5)C4)c3)ncnc21. The molecule has 0 aromatic carbocycles. The number of pyridine rings is 1. The third-order valence-corrected chi connectivity index (χ3v) is 11.1. The van der Waals surface area contributed by atoms with Gasteiger partial charge < -0.3 is 19.8 Å². The van der Waals surface area contributed by atoms with Gasteiger partial charge >= 0.3 is 6.18 Å².